The normalized spacial score (nSPS) is 10.7. The molecule has 0 atom stereocenters. The van der Waals surface area contributed by atoms with Gasteiger partial charge in [-0.05, 0) is 68.1 Å². The molecule has 0 amide bonds. The zero-order valence-electron chi connectivity index (χ0n) is 7.85. The van der Waals surface area contributed by atoms with Crippen LogP contribution in [-0.2, 0) is 0 Å². The van der Waals surface area contributed by atoms with Gasteiger partial charge in [-0.25, -0.2) is 0 Å². The first-order valence-electron chi connectivity index (χ1n) is 4.29. The lowest BCUT2D eigenvalue weighted by Gasteiger charge is -2.02. The van der Waals surface area contributed by atoms with Gasteiger partial charge in [0.15, 0.2) is 0 Å². The predicted molar refractivity (Wildman–Crippen MR) is 74.9 cm³/mol. The Hall–Kier alpha value is 0.170. The molecular weight excluding hydrogens is 359 g/mol. The second-order valence-electron chi connectivity index (χ2n) is 3.20. The van der Waals surface area contributed by atoms with Gasteiger partial charge in [0, 0.05) is 10.6 Å². The molecule has 1 aromatic heterocycles. The maximum Gasteiger partial charge on any atom is 0.0788 e. The van der Waals surface area contributed by atoms with E-state index >= 15 is 0 Å². The van der Waals surface area contributed by atoms with Gasteiger partial charge < -0.3 is 0 Å². The maximum atomic E-state index is 5.99. The molecule has 0 aliphatic carbocycles. The molecule has 0 aliphatic heterocycles. The van der Waals surface area contributed by atoms with E-state index in [4.69, 9.17) is 11.6 Å². The van der Waals surface area contributed by atoms with Crippen molar-refractivity contribution in [3.63, 3.8) is 0 Å². The van der Waals surface area contributed by atoms with Crippen LogP contribution in [0.25, 0.3) is 11.1 Å². The van der Waals surface area contributed by atoms with Crippen molar-refractivity contribution >= 4 is 54.8 Å². The minimum atomic E-state index is 0.809. The van der Waals surface area contributed by atoms with Gasteiger partial charge in [0.1, 0.15) is 0 Å². The van der Waals surface area contributed by atoms with Crippen molar-refractivity contribution in [1.29, 1.82) is 0 Å². The average molecular weight is 367 g/mol. The average Bonchev–Trinajstić information content (AvgIpc) is 2.50. The summed E-state index contributed by atoms with van der Waals surface area (Å²) in [5, 5.41) is 0.809. The lowest BCUT2D eigenvalue weighted by Crippen LogP contribution is -1.79. The van der Waals surface area contributed by atoms with Gasteiger partial charge in [0.2, 0.25) is 0 Å². The molecule has 0 aliphatic rings. The van der Waals surface area contributed by atoms with Crippen molar-refractivity contribution in [2.24, 2.45) is 0 Å². The standard InChI is InChI=1S/C11H7Br2ClS/c1-6-4-7(2-3-9(6)14)8-5-10(12)15-11(8)13/h2-5H,1H3. The Balaban J connectivity index is 2.54. The molecule has 0 nitrogen and oxygen atoms in total. The molecule has 2 rings (SSSR count). The van der Waals surface area contributed by atoms with Crippen molar-refractivity contribution in [3.05, 3.63) is 42.4 Å². The Kier molecular flexibility index (Phi) is 3.56. The highest BCUT2D eigenvalue weighted by Gasteiger charge is 2.08. The summed E-state index contributed by atoms with van der Waals surface area (Å²) in [5.41, 5.74) is 3.49. The van der Waals surface area contributed by atoms with Gasteiger partial charge in [0.05, 0.1) is 7.57 Å². The number of thiophene rings is 1. The fraction of sp³-hybridized carbons (Fsp3) is 0.0909. The summed E-state index contributed by atoms with van der Waals surface area (Å²) in [4.78, 5) is 0. The van der Waals surface area contributed by atoms with Crippen LogP contribution in [0.2, 0.25) is 5.02 Å². The monoisotopic (exact) mass is 364 g/mol. The Labute approximate surface area is 115 Å². The summed E-state index contributed by atoms with van der Waals surface area (Å²) in [5.74, 6) is 0. The summed E-state index contributed by atoms with van der Waals surface area (Å²) in [6, 6.07) is 8.18. The molecule has 1 heterocycles. The summed E-state index contributed by atoms with van der Waals surface area (Å²) >= 11 is 14.7. The van der Waals surface area contributed by atoms with Crippen LogP contribution in [0, 0.1) is 6.92 Å². The second kappa shape index (κ2) is 4.58. The number of aryl methyl sites for hydroxylation is 1. The Morgan fingerprint density at radius 3 is 2.47 bits per heavy atom. The van der Waals surface area contributed by atoms with Crippen LogP contribution in [0.15, 0.2) is 31.8 Å². The number of hydrogen-bond donors (Lipinski definition) is 0. The van der Waals surface area contributed by atoms with E-state index in [9.17, 15) is 0 Å². The molecule has 78 valence electrons. The van der Waals surface area contributed by atoms with E-state index in [0.29, 0.717) is 0 Å². The van der Waals surface area contributed by atoms with E-state index < -0.39 is 0 Å². The van der Waals surface area contributed by atoms with Gasteiger partial charge >= 0.3 is 0 Å². The van der Waals surface area contributed by atoms with E-state index in [1.807, 2.05) is 19.1 Å². The van der Waals surface area contributed by atoms with Crippen LogP contribution in [-0.4, -0.2) is 0 Å². The first kappa shape index (κ1) is 11.6. The van der Waals surface area contributed by atoms with E-state index in [1.165, 1.54) is 11.1 Å². The highest BCUT2D eigenvalue weighted by atomic mass is 79.9. The summed E-state index contributed by atoms with van der Waals surface area (Å²) in [7, 11) is 0. The van der Waals surface area contributed by atoms with Crippen molar-refractivity contribution in [2.75, 3.05) is 0 Å². The summed E-state index contributed by atoms with van der Waals surface area (Å²) in [6.07, 6.45) is 0. The Morgan fingerprint density at radius 2 is 1.93 bits per heavy atom. The smallest absolute Gasteiger partial charge is 0.0788 e. The molecule has 0 N–H and O–H groups in total. The molecular formula is C11H7Br2ClS. The topological polar surface area (TPSA) is 0 Å². The fourth-order valence-corrected chi connectivity index (χ4v) is 4.33. The van der Waals surface area contributed by atoms with Gasteiger partial charge in [-0.3, -0.25) is 0 Å². The molecule has 0 unspecified atom stereocenters. The van der Waals surface area contributed by atoms with Crippen LogP contribution in [0.1, 0.15) is 5.56 Å². The van der Waals surface area contributed by atoms with E-state index in [-0.39, 0.29) is 0 Å². The lowest BCUT2D eigenvalue weighted by molar-refractivity contribution is 1.47. The number of halogens is 3. The first-order valence-corrected chi connectivity index (χ1v) is 7.07. The van der Waals surface area contributed by atoms with Crippen LogP contribution in [0.5, 0.6) is 0 Å². The van der Waals surface area contributed by atoms with Crippen molar-refractivity contribution in [2.45, 2.75) is 6.92 Å². The highest BCUT2D eigenvalue weighted by Crippen LogP contribution is 2.39. The van der Waals surface area contributed by atoms with E-state index in [1.54, 1.807) is 11.3 Å². The molecule has 0 fully saturated rings. The summed E-state index contributed by atoms with van der Waals surface area (Å²) < 4.78 is 2.26. The molecule has 0 saturated heterocycles. The molecule has 0 spiro atoms. The molecule has 4 heteroatoms. The van der Waals surface area contributed by atoms with E-state index in [0.717, 1.165) is 18.2 Å². The summed E-state index contributed by atoms with van der Waals surface area (Å²) in [6.45, 7) is 2.02. The second-order valence-corrected chi connectivity index (χ2v) is 7.36. The molecule has 1 aromatic carbocycles. The van der Waals surface area contributed by atoms with Gasteiger partial charge in [-0.2, -0.15) is 0 Å². The van der Waals surface area contributed by atoms with Crippen LogP contribution >= 0.6 is 54.8 Å². The van der Waals surface area contributed by atoms with Crippen LogP contribution in [0.3, 0.4) is 0 Å². The van der Waals surface area contributed by atoms with Crippen LogP contribution in [0.4, 0.5) is 0 Å². The van der Waals surface area contributed by atoms with Crippen molar-refractivity contribution in [3.8, 4) is 11.1 Å². The predicted octanol–water partition coefficient (Wildman–Crippen LogP) is 5.90. The minimum absolute atomic E-state index is 0.809. The Morgan fingerprint density at radius 1 is 1.20 bits per heavy atom. The molecule has 0 radical (unpaired) electrons. The largest absolute Gasteiger partial charge is 0.121 e. The lowest BCUT2D eigenvalue weighted by atomic mass is 10.1. The fourth-order valence-electron chi connectivity index (χ4n) is 1.35. The third-order valence-corrected chi connectivity index (χ3v) is 4.89. The molecule has 2 aromatic rings. The van der Waals surface area contributed by atoms with Gasteiger partial charge in [-0.15, -0.1) is 11.3 Å². The number of benzene rings is 1. The SMILES string of the molecule is Cc1cc(-c2cc(Br)sc2Br)ccc1Cl. The Bertz CT molecular complexity index is 505. The van der Waals surface area contributed by atoms with E-state index in [2.05, 4.69) is 44.0 Å². The molecule has 0 bridgehead atoms. The maximum absolute atomic E-state index is 5.99. The van der Waals surface area contributed by atoms with Crippen molar-refractivity contribution in [1.82, 2.24) is 0 Å². The van der Waals surface area contributed by atoms with Crippen LogP contribution < -0.4 is 0 Å². The zero-order valence-corrected chi connectivity index (χ0v) is 12.6. The quantitative estimate of drug-likeness (QED) is 0.589. The molecule has 15 heavy (non-hydrogen) atoms. The number of hydrogen-bond acceptors (Lipinski definition) is 1. The van der Waals surface area contributed by atoms with Crippen molar-refractivity contribution < 1.29 is 0 Å². The van der Waals surface area contributed by atoms with Gasteiger partial charge in [-0.1, -0.05) is 17.7 Å². The third kappa shape index (κ3) is 2.47. The highest BCUT2D eigenvalue weighted by molar-refractivity contribution is 9.12. The zero-order chi connectivity index (χ0) is 11.0. The first-order chi connectivity index (χ1) is 7.08. The van der Waals surface area contributed by atoms with Gasteiger partial charge in [0.25, 0.3) is 0 Å². The minimum Gasteiger partial charge on any atom is -0.121 e. The number of rotatable bonds is 1. The molecule has 0 saturated carbocycles. The third-order valence-electron chi connectivity index (χ3n) is 2.13.